The fraction of sp³-hybridized carbons (Fsp3) is 0.364. The summed E-state index contributed by atoms with van der Waals surface area (Å²) in [5.41, 5.74) is 3.99. The first-order valence-electron chi connectivity index (χ1n) is 4.84. The van der Waals surface area contributed by atoms with Gasteiger partial charge in [-0.05, 0) is 31.2 Å². The van der Waals surface area contributed by atoms with E-state index in [1.807, 2.05) is 38.1 Å². The van der Waals surface area contributed by atoms with Gasteiger partial charge in [-0.25, -0.2) is 5.48 Å². The maximum Gasteiger partial charge on any atom is 0.274 e. The number of nitrogens with one attached hydrogen (secondary N) is 1. The summed E-state index contributed by atoms with van der Waals surface area (Å²) < 4.78 is 0. The van der Waals surface area contributed by atoms with Crippen LogP contribution >= 0.6 is 0 Å². The first-order chi connectivity index (χ1) is 7.15. The zero-order valence-electron chi connectivity index (χ0n) is 9.28. The Bertz CT molecular complexity index is 320. The first kappa shape index (κ1) is 11.5. The fourth-order valence-corrected chi connectivity index (χ4v) is 1.11. The lowest BCUT2D eigenvalue weighted by molar-refractivity contribution is 0.0364. The maximum atomic E-state index is 11.4. The molecule has 1 rings (SSSR count). The van der Waals surface area contributed by atoms with Gasteiger partial charge in [0.2, 0.25) is 0 Å². The number of hydrogen-bond acceptors (Lipinski definition) is 3. The number of carbonyl (C=O) groups is 1. The van der Waals surface area contributed by atoms with Gasteiger partial charge in [0.25, 0.3) is 5.91 Å². The van der Waals surface area contributed by atoms with E-state index in [9.17, 15) is 4.79 Å². The Hall–Kier alpha value is -1.55. The molecule has 82 valence electrons. The first-order valence-corrected chi connectivity index (χ1v) is 4.84. The summed E-state index contributed by atoms with van der Waals surface area (Å²) >= 11 is 0. The van der Waals surface area contributed by atoms with Crippen molar-refractivity contribution < 1.29 is 9.63 Å². The number of nitrogens with zero attached hydrogens (tertiary/aromatic N) is 1. The van der Waals surface area contributed by atoms with Gasteiger partial charge in [0.05, 0.1) is 6.61 Å². The van der Waals surface area contributed by atoms with Crippen molar-refractivity contribution in [2.75, 3.05) is 25.6 Å². The zero-order chi connectivity index (χ0) is 11.3. The van der Waals surface area contributed by atoms with Gasteiger partial charge in [0.15, 0.2) is 0 Å². The fourth-order valence-electron chi connectivity index (χ4n) is 1.11. The molecule has 0 heterocycles. The van der Waals surface area contributed by atoms with Gasteiger partial charge in [-0.3, -0.25) is 9.63 Å². The molecule has 0 atom stereocenters. The molecule has 1 N–H and O–H groups in total. The van der Waals surface area contributed by atoms with E-state index in [0.717, 1.165) is 5.69 Å². The van der Waals surface area contributed by atoms with Crippen molar-refractivity contribution in [3.05, 3.63) is 29.8 Å². The number of anilines is 1. The summed E-state index contributed by atoms with van der Waals surface area (Å²) in [7, 11) is 3.91. The quantitative estimate of drug-likeness (QED) is 0.761. The molecule has 0 saturated heterocycles. The van der Waals surface area contributed by atoms with E-state index < -0.39 is 0 Å². The van der Waals surface area contributed by atoms with Crippen LogP contribution in [0.1, 0.15) is 17.3 Å². The van der Waals surface area contributed by atoms with Gasteiger partial charge in [-0.2, -0.15) is 0 Å². The standard InChI is InChI=1S/C11H16N2O2/c1-4-15-12-11(14)9-5-7-10(8-6-9)13(2)3/h5-8H,4H2,1-3H3,(H,12,14). The third kappa shape index (κ3) is 3.25. The predicted octanol–water partition coefficient (Wildman–Crippen LogP) is 1.43. The van der Waals surface area contributed by atoms with E-state index in [0.29, 0.717) is 12.2 Å². The van der Waals surface area contributed by atoms with Gasteiger partial charge in [0.1, 0.15) is 0 Å². The Morgan fingerprint density at radius 3 is 2.40 bits per heavy atom. The van der Waals surface area contributed by atoms with Gasteiger partial charge in [-0.15, -0.1) is 0 Å². The lowest BCUT2D eigenvalue weighted by Gasteiger charge is -2.12. The monoisotopic (exact) mass is 208 g/mol. The van der Waals surface area contributed by atoms with Crippen LogP contribution in [0.2, 0.25) is 0 Å². The number of hydrogen-bond donors (Lipinski definition) is 1. The second kappa shape index (κ2) is 5.36. The Kier molecular flexibility index (Phi) is 4.12. The molecule has 0 saturated carbocycles. The van der Waals surface area contributed by atoms with Crippen LogP contribution in [-0.4, -0.2) is 26.6 Å². The Balaban J connectivity index is 2.67. The molecule has 4 nitrogen and oxygen atoms in total. The third-order valence-corrected chi connectivity index (χ3v) is 1.96. The number of hydroxylamine groups is 1. The van der Waals surface area contributed by atoms with E-state index in [1.54, 1.807) is 12.1 Å². The van der Waals surface area contributed by atoms with E-state index in [4.69, 9.17) is 4.84 Å². The molecule has 0 radical (unpaired) electrons. The number of carbonyl (C=O) groups excluding carboxylic acids is 1. The summed E-state index contributed by atoms with van der Waals surface area (Å²) in [5.74, 6) is -0.220. The molecule has 0 spiro atoms. The topological polar surface area (TPSA) is 41.6 Å². The minimum absolute atomic E-state index is 0.220. The largest absolute Gasteiger partial charge is 0.378 e. The molecule has 1 amide bonds. The molecule has 0 bridgehead atoms. The predicted molar refractivity (Wildman–Crippen MR) is 59.9 cm³/mol. The molecular weight excluding hydrogens is 192 g/mol. The third-order valence-electron chi connectivity index (χ3n) is 1.96. The Labute approximate surface area is 89.8 Å². The van der Waals surface area contributed by atoms with Crippen molar-refractivity contribution in [1.29, 1.82) is 0 Å². The number of amides is 1. The van der Waals surface area contributed by atoms with Crippen molar-refractivity contribution in [2.45, 2.75) is 6.92 Å². The van der Waals surface area contributed by atoms with Crippen molar-refractivity contribution in [1.82, 2.24) is 5.48 Å². The van der Waals surface area contributed by atoms with E-state index in [1.165, 1.54) is 0 Å². The molecule has 0 unspecified atom stereocenters. The highest BCUT2D eigenvalue weighted by molar-refractivity contribution is 5.93. The number of rotatable bonds is 4. The van der Waals surface area contributed by atoms with Gasteiger partial charge >= 0.3 is 0 Å². The van der Waals surface area contributed by atoms with Crippen LogP contribution in [-0.2, 0) is 4.84 Å². The Morgan fingerprint density at radius 2 is 1.93 bits per heavy atom. The molecular formula is C11H16N2O2. The van der Waals surface area contributed by atoms with E-state index >= 15 is 0 Å². The van der Waals surface area contributed by atoms with Gasteiger partial charge in [0, 0.05) is 25.3 Å². The van der Waals surface area contributed by atoms with Crippen LogP contribution in [0.15, 0.2) is 24.3 Å². The summed E-state index contributed by atoms with van der Waals surface area (Å²) in [6, 6.07) is 7.31. The molecule has 0 aromatic heterocycles. The van der Waals surface area contributed by atoms with Crippen molar-refractivity contribution in [2.24, 2.45) is 0 Å². The van der Waals surface area contributed by atoms with Gasteiger partial charge in [-0.1, -0.05) is 0 Å². The van der Waals surface area contributed by atoms with Crippen LogP contribution in [0, 0.1) is 0 Å². The van der Waals surface area contributed by atoms with Crippen LogP contribution in [0.5, 0.6) is 0 Å². The molecule has 0 aliphatic rings. The zero-order valence-corrected chi connectivity index (χ0v) is 9.28. The molecule has 1 aromatic rings. The summed E-state index contributed by atoms with van der Waals surface area (Å²) in [4.78, 5) is 18.2. The average molecular weight is 208 g/mol. The molecule has 1 aromatic carbocycles. The van der Waals surface area contributed by atoms with Crippen molar-refractivity contribution in [3.63, 3.8) is 0 Å². The molecule has 0 fully saturated rings. The highest BCUT2D eigenvalue weighted by atomic mass is 16.6. The van der Waals surface area contributed by atoms with Crippen LogP contribution < -0.4 is 10.4 Å². The van der Waals surface area contributed by atoms with Gasteiger partial charge < -0.3 is 4.90 Å². The minimum Gasteiger partial charge on any atom is -0.378 e. The Morgan fingerprint density at radius 1 is 1.33 bits per heavy atom. The SMILES string of the molecule is CCONC(=O)c1ccc(N(C)C)cc1. The van der Waals surface area contributed by atoms with Crippen molar-refractivity contribution in [3.8, 4) is 0 Å². The minimum atomic E-state index is -0.220. The second-order valence-electron chi connectivity index (χ2n) is 3.31. The summed E-state index contributed by atoms with van der Waals surface area (Å²) in [5, 5.41) is 0. The molecule has 0 aliphatic carbocycles. The van der Waals surface area contributed by atoms with E-state index in [2.05, 4.69) is 5.48 Å². The second-order valence-corrected chi connectivity index (χ2v) is 3.31. The molecule has 0 aliphatic heterocycles. The maximum absolute atomic E-state index is 11.4. The molecule has 15 heavy (non-hydrogen) atoms. The number of benzene rings is 1. The normalized spacial score (nSPS) is 9.80. The lowest BCUT2D eigenvalue weighted by Crippen LogP contribution is -2.23. The van der Waals surface area contributed by atoms with E-state index in [-0.39, 0.29) is 5.91 Å². The van der Waals surface area contributed by atoms with Crippen LogP contribution in [0.3, 0.4) is 0 Å². The highest BCUT2D eigenvalue weighted by Crippen LogP contribution is 2.11. The summed E-state index contributed by atoms with van der Waals surface area (Å²) in [6.45, 7) is 2.27. The highest BCUT2D eigenvalue weighted by Gasteiger charge is 2.04. The summed E-state index contributed by atoms with van der Waals surface area (Å²) in [6.07, 6.45) is 0. The van der Waals surface area contributed by atoms with Crippen LogP contribution in [0.4, 0.5) is 5.69 Å². The molecule has 4 heteroatoms. The lowest BCUT2D eigenvalue weighted by atomic mass is 10.2. The smallest absolute Gasteiger partial charge is 0.274 e. The van der Waals surface area contributed by atoms with Crippen molar-refractivity contribution >= 4 is 11.6 Å². The van der Waals surface area contributed by atoms with Crippen LogP contribution in [0.25, 0.3) is 0 Å². The average Bonchev–Trinajstić information content (AvgIpc) is 2.26.